The SMILES string of the molecule is Cc1cc(NC(=O)c2ccco2)sc1C(=O)NCC1CNC1. The molecule has 1 saturated heterocycles. The topological polar surface area (TPSA) is 83.4 Å². The van der Waals surface area contributed by atoms with Gasteiger partial charge in [-0.05, 0) is 30.7 Å². The molecule has 0 saturated carbocycles. The molecular formula is C15H17N3O3S. The summed E-state index contributed by atoms with van der Waals surface area (Å²) >= 11 is 1.27. The van der Waals surface area contributed by atoms with Gasteiger partial charge in [-0.2, -0.15) is 0 Å². The summed E-state index contributed by atoms with van der Waals surface area (Å²) in [7, 11) is 0. The molecule has 3 N–H and O–H groups in total. The molecule has 7 heteroatoms. The number of amides is 2. The van der Waals surface area contributed by atoms with Crippen molar-refractivity contribution >= 4 is 28.2 Å². The number of anilines is 1. The van der Waals surface area contributed by atoms with Crippen LogP contribution in [0.2, 0.25) is 0 Å². The Morgan fingerprint density at radius 3 is 2.86 bits per heavy atom. The summed E-state index contributed by atoms with van der Waals surface area (Å²) in [4.78, 5) is 24.7. The van der Waals surface area contributed by atoms with E-state index in [0.717, 1.165) is 18.7 Å². The van der Waals surface area contributed by atoms with Crippen molar-refractivity contribution in [2.45, 2.75) is 6.92 Å². The highest BCUT2D eigenvalue weighted by atomic mass is 32.1. The van der Waals surface area contributed by atoms with E-state index >= 15 is 0 Å². The number of aryl methyl sites for hydroxylation is 1. The molecule has 3 rings (SSSR count). The fourth-order valence-corrected chi connectivity index (χ4v) is 3.14. The maximum atomic E-state index is 12.2. The highest BCUT2D eigenvalue weighted by Crippen LogP contribution is 2.27. The maximum absolute atomic E-state index is 12.2. The van der Waals surface area contributed by atoms with Crippen LogP contribution in [0.3, 0.4) is 0 Å². The molecule has 22 heavy (non-hydrogen) atoms. The number of carbonyl (C=O) groups is 2. The maximum Gasteiger partial charge on any atom is 0.291 e. The first-order valence-corrected chi connectivity index (χ1v) is 7.89. The second-order valence-corrected chi connectivity index (χ2v) is 6.34. The molecule has 3 heterocycles. The zero-order valence-electron chi connectivity index (χ0n) is 12.1. The minimum atomic E-state index is -0.321. The van der Waals surface area contributed by atoms with Crippen LogP contribution < -0.4 is 16.0 Å². The predicted octanol–water partition coefficient (Wildman–Crippen LogP) is 1.85. The number of thiophene rings is 1. The lowest BCUT2D eigenvalue weighted by Crippen LogP contribution is -2.48. The number of nitrogens with one attached hydrogen (secondary N) is 3. The minimum absolute atomic E-state index is 0.0899. The molecule has 2 aromatic heterocycles. The van der Waals surface area contributed by atoms with Gasteiger partial charge in [0, 0.05) is 25.6 Å². The fourth-order valence-electron chi connectivity index (χ4n) is 2.16. The average molecular weight is 319 g/mol. The molecule has 0 unspecified atom stereocenters. The van der Waals surface area contributed by atoms with Crippen molar-refractivity contribution in [2.75, 3.05) is 25.0 Å². The van der Waals surface area contributed by atoms with Crippen LogP contribution in [0.5, 0.6) is 0 Å². The summed E-state index contributed by atoms with van der Waals surface area (Å²) < 4.78 is 5.04. The summed E-state index contributed by atoms with van der Waals surface area (Å²) in [5.41, 5.74) is 0.851. The molecule has 0 atom stereocenters. The Balaban J connectivity index is 1.62. The molecule has 116 valence electrons. The molecule has 6 nitrogen and oxygen atoms in total. The first-order chi connectivity index (χ1) is 10.6. The van der Waals surface area contributed by atoms with Crippen molar-refractivity contribution in [3.63, 3.8) is 0 Å². The third-order valence-corrected chi connectivity index (χ3v) is 4.67. The van der Waals surface area contributed by atoms with E-state index in [1.54, 1.807) is 18.2 Å². The molecule has 1 aliphatic rings. The van der Waals surface area contributed by atoms with Gasteiger partial charge in [0.2, 0.25) is 0 Å². The van der Waals surface area contributed by atoms with Crippen LogP contribution in [0.15, 0.2) is 28.9 Å². The smallest absolute Gasteiger partial charge is 0.291 e. The Labute approximate surface area is 131 Å². The van der Waals surface area contributed by atoms with Crippen LogP contribution >= 0.6 is 11.3 Å². The second-order valence-electron chi connectivity index (χ2n) is 5.29. The van der Waals surface area contributed by atoms with Gasteiger partial charge in [0.15, 0.2) is 5.76 Å². The van der Waals surface area contributed by atoms with E-state index in [1.165, 1.54) is 17.6 Å². The number of hydrogen-bond donors (Lipinski definition) is 3. The Morgan fingerprint density at radius 2 is 2.23 bits per heavy atom. The Kier molecular flexibility index (Phi) is 4.26. The van der Waals surface area contributed by atoms with Crippen LogP contribution in [-0.2, 0) is 0 Å². The van der Waals surface area contributed by atoms with Crippen molar-refractivity contribution in [3.05, 3.63) is 40.7 Å². The Hall–Kier alpha value is -2.12. The van der Waals surface area contributed by atoms with Crippen LogP contribution in [0.4, 0.5) is 5.00 Å². The van der Waals surface area contributed by atoms with Gasteiger partial charge in [0.05, 0.1) is 16.1 Å². The van der Waals surface area contributed by atoms with E-state index < -0.39 is 0 Å². The molecule has 0 bridgehead atoms. The first kappa shape index (κ1) is 14.8. The fraction of sp³-hybridized carbons (Fsp3) is 0.333. The van der Waals surface area contributed by atoms with E-state index in [-0.39, 0.29) is 17.6 Å². The lowest BCUT2D eigenvalue weighted by atomic mass is 10.0. The van der Waals surface area contributed by atoms with Crippen LogP contribution in [0, 0.1) is 12.8 Å². The van der Waals surface area contributed by atoms with Gasteiger partial charge in [-0.3, -0.25) is 9.59 Å². The molecule has 0 radical (unpaired) electrons. The minimum Gasteiger partial charge on any atom is -0.459 e. The highest BCUT2D eigenvalue weighted by Gasteiger charge is 2.20. The van der Waals surface area contributed by atoms with Gasteiger partial charge in [0.1, 0.15) is 0 Å². The van der Waals surface area contributed by atoms with Gasteiger partial charge in [-0.1, -0.05) is 0 Å². The lowest BCUT2D eigenvalue weighted by molar-refractivity contribution is 0.0944. The predicted molar refractivity (Wildman–Crippen MR) is 84.4 cm³/mol. The van der Waals surface area contributed by atoms with E-state index in [2.05, 4.69) is 16.0 Å². The zero-order chi connectivity index (χ0) is 15.5. The van der Waals surface area contributed by atoms with Crippen LogP contribution in [-0.4, -0.2) is 31.4 Å². The van der Waals surface area contributed by atoms with Gasteiger partial charge in [-0.25, -0.2) is 0 Å². The number of carbonyl (C=O) groups excluding carboxylic acids is 2. The standard InChI is InChI=1S/C15H17N3O3S/c1-9-5-12(18-14(19)11-3-2-4-21-11)22-13(9)15(20)17-8-10-6-16-7-10/h2-5,10,16H,6-8H2,1H3,(H,17,20)(H,18,19). The third kappa shape index (κ3) is 3.20. The van der Waals surface area contributed by atoms with Gasteiger partial charge in [0.25, 0.3) is 11.8 Å². The van der Waals surface area contributed by atoms with E-state index in [4.69, 9.17) is 4.42 Å². The van der Waals surface area contributed by atoms with Crippen molar-refractivity contribution in [1.82, 2.24) is 10.6 Å². The molecule has 0 aromatic carbocycles. The van der Waals surface area contributed by atoms with E-state index in [9.17, 15) is 9.59 Å². The molecule has 1 fully saturated rings. The summed E-state index contributed by atoms with van der Waals surface area (Å²) in [5.74, 6) is 0.350. The summed E-state index contributed by atoms with van der Waals surface area (Å²) in [5, 5.41) is 9.48. The largest absolute Gasteiger partial charge is 0.459 e. The van der Waals surface area contributed by atoms with Gasteiger partial charge < -0.3 is 20.4 Å². The molecule has 2 amide bonds. The Morgan fingerprint density at radius 1 is 1.41 bits per heavy atom. The Bertz CT molecular complexity index is 674. The van der Waals surface area contributed by atoms with E-state index in [0.29, 0.717) is 22.3 Å². The number of rotatable bonds is 5. The van der Waals surface area contributed by atoms with E-state index in [1.807, 2.05) is 6.92 Å². The number of hydrogen-bond acceptors (Lipinski definition) is 5. The van der Waals surface area contributed by atoms with Crippen LogP contribution in [0.25, 0.3) is 0 Å². The summed E-state index contributed by atoms with van der Waals surface area (Å²) in [6.45, 7) is 4.44. The lowest BCUT2D eigenvalue weighted by Gasteiger charge is -2.26. The molecule has 2 aromatic rings. The summed E-state index contributed by atoms with van der Waals surface area (Å²) in [6, 6.07) is 5.05. The quantitative estimate of drug-likeness (QED) is 0.785. The zero-order valence-corrected chi connectivity index (χ0v) is 13.0. The van der Waals surface area contributed by atoms with Crippen molar-refractivity contribution in [2.24, 2.45) is 5.92 Å². The summed E-state index contributed by atoms with van der Waals surface area (Å²) in [6.07, 6.45) is 1.45. The van der Waals surface area contributed by atoms with Crippen molar-refractivity contribution < 1.29 is 14.0 Å². The third-order valence-electron chi connectivity index (χ3n) is 3.52. The molecule has 0 spiro atoms. The van der Waals surface area contributed by atoms with Crippen molar-refractivity contribution in [1.29, 1.82) is 0 Å². The normalized spacial score (nSPS) is 14.4. The average Bonchev–Trinajstić information content (AvgIpc) is 3.06. The molecule has 1 aliphatic heterocycles. The second kappa shape index (κ2) is 6.33. The monoisotopic (exact) mass is 319 g/mol. The highest BCUT2D eigenvalue weighted by molar-refractivity contribution is 7.18. The van der Waals surface area contributed by atoms with Gasteiger partial charge >= 0.3 is 0 Å². The molecular weight excluding hydrogens is 302 g/mol. The molecule has 0 aliphatic carbocycles. The van der Waals surface area contributed by atoms with Crippen LogP contribution in [0.1, 0.15) is 25.8 Å². The van der Waals surface area contributed by atoms with Crippen molar-refractivity contribution in [3.8, 4) is 0 Å². The number of furan rings is 1. The van der Waals surface area contributed by atoms with Gasteiger partial charge in [-0.15, -0.1) is 11.3 Å². The first-order valence-electron chi connectivity index (χ1n) is 7.07.